The standard InChI is InChI=1S/C13H25N3O/c1-9-3-4-11(7-14)8-16(9)10(2)13(17)15-12-5-6-12/h9-12H,3-8,14H2,1-2H3,(H,15,17). The molecule has 0 radical (unpaired) electrons. The van der Waals surface area contributed by atoms with Crippen molar-refractivity contribution >= 4 is 5.91 Å². The minimum absolute atomic E-state index is 0.0139. The zero-order chi connectivity index (χ0) is 12.4. The zero-order valence-electron chi connectivity index (χ0n) is 11.0. The molecule has 0 spiro atoms. The molecule has 1 saturated heterocycles. The number of hydrogen-bond acceptors (Lipinski definition) is 3. The summed E-state index contributed by atoms with van der Waals surface area (Å²) in [6.07, 6.45) is 4.66. The Bertz CT molecular complexity index is 278. The molecule has 3 N–H and O–H groups in total. The first-order valence-corrected chi connectivity index (χ1v) is 6.88. The van der Waals surface area contributed by atoms with Gasteiger partial charge >= 0.3 is 0 Å². The highest BCUT2D eigenvalue weighted by Crippen LogP contribution is 2.24. The van der Waals surface area contributed by atoms with E-state index in [0.29, 0.717) is 18.0 Å². The summed E-state index contributed by atoms with van der Waals surface area (Å²) in [6.45, 7) is 5.94. The van der Waals surface area contributed by atoms with E-state index in [1.807, 2.05) is 6.92 Å². The summed E-state index contributed by atoms with van der Waals surface area (Å²) in [4.78, 5) is 14.4. The van der Waals surface area contributed by atoms with Crippen molar-refractivity contribution in [1.29, 1.82) is 0 Å². The van der Waals surface area contributed by atoms with Crippen LogP contribution >= 0.6 is 0 Å². The molecule has 2 fully saturated rings. The third-order valence-electron chi connectivity index (χ3n) is 4.16. The Balaban J connectivity index is 1.90. The van der Waals surface area contributed by atoms with E-state index in [2.05, 4.69) is 17.1 Å². The molecule has 1 aliphatic heterocycles. The van der Waals surface area contributed by atoms with Crippen LogP contribution in [0.4, 0.5) is 0 Å². The van der Waals surface area contributed by atoms with Gasteiger partial charge in [0.05, 0.1) is 6.04 Å². The lowest BCUT2D eigenvalue weighted by atomic mass is 9.92. The highest BCUT2D eigenvalue weighted by molar-refractivity contribution is 5.81. The van der Waals surface area contributed by atoms with Crippen LogP contribution < -0.4 is 11.1 Å². The molecule has 0 aromatic heterocycles. The summed E-state index contributed by atoms with van der Waals surface area (Å²) in [6, 6.07) is 0.938. The van der Waals surface area contributed by atoms with Gasteiger partial charge < -0.3 is 11.1 Å². The van der Waals surface area contributed by atoms with Crippen molar-refractivity contribution in [3.63, 3.8) is 0 Å². The second-order valence-electron chi connectivity index (χ2n) is 5.68. The van der Waals surface area contributed by atoms with Gasteiger partial charge in [-0.25, -0.2) is 0 Å². The number of hydrogen-bond donors (Lipinski definition) is 2. The van der Waals surface area contributed by atoms with Crippen LogP contribution in [0.3, 0.4) is 0 Å². The summed E-state index contributed by atoms with van der Waals surface area (Å²) < 4.78 is 0. The summed E-state index contributed by atoms with van der Waals surface area (Å²) in [5.41, 5.74) is 5.75. The maximum absolute atomic E-state index is 12.0. The van der Waals surface area contributed by atoms with Crippen LogP contribution in [-0.2, 0) is 4.79 Å². The Hall–Kier alpha value is -0.610. The molecule has 0 bridgehead atoms. The predicted octanol–water partition coefficient (Wildman–Crippen LogP) is 0.713. The molecule has 1 amide bonds. The van der Waals surface area contributed by atoms with E-state index in [1.54, 1.807) is 0 Å². The van der Waals surface area contributed by atoms with Gasteiger partial charge in [-0.1, -0.05) is 0 Å². The number of carbonyl (C=O) groups is 1. The molecule has 1 saturated carbocycles. The SMILES string of the molecule is CC1CCC(CN)CN1C(C)C(=O)NC1CC1. The molecule has 3 atom stereocenters. The Morgan fingerprint density at radius 3 is 2.71 bits per heavy atom. The van der Waals surface area contributed by atoms with E-state index in [-0.39, 0.29) is 11.9 Å². The Morgan fingerprint density at radius 1 is 1.41 bits per heavy atom. The fourth-order valence-electron chi connectivity index (χ4n) is 2.64. The van der Waals surface area contributed by atoms with Gasteiger partial charge in [-0.2, -0.15) is 0 Å². The molecule has 1 heterocycles. The first-order chi connectivity index (χ1) is 8.11. The fraction of sp³-hybridized carbons (Fsp3) is 0.923. The maximum Gasteiger partial charge on any atom is 0.237 e. The molecule has 4 heteroatoms. The third kappa shape index (κ3) is 3.19. The Kier molecular flexibility index (Phi) is 4.05. The van der Waals surface area contributed by atoms with Gasteiger partial charge in [0.25, 0.3) is 0 Å². The minimum atomic E-state index is -0.0139. The Morgan fingerprint density at radius 2 is 2.12 bits per heavy atom. The van der Waals surface area contributed by atoms with E-state index < -0.39 is 0 Å². The van der Waals surface area contributed by atoms with Crippen LogP contribution in [0.1, 0.15) is 39.5 Å². The van der Waals surface area contributed by atoms with E-state index >= 15 is 0 Å². The highest BCUT2D eigenvalue weighted by atomic mass is 16.2. The van der Waals surface area contributed by atoms with E-state index in [1.165, 1.54) is 6.42 Å². The predicted molar refractivity (Wildman–Crippen MR) is 68.6 cm³/mol. The van der Waals surface area contributed by atoms with Crippen molar-refractivity contribution in [3.05, 3.63) is 0 Å². The molecule has 4 nitrogen and oxygen atoms in total. The molecule has 98 valence electrons. The number of nitrogens with zero attached hydrogens (tertiary/aromatic N) is 1. The first kappa shape index (κ1) is 12.8. The minimum Gasteiger partial charge on any atom is -0.352 e. The number of amides is 1. The number of likely N-dealkylation sites (tertiary alicyclic amines) is 1. The van der Waals surface area contributed by atoms with Crippen LogP contribution in [0.25, 0.3) is 0 Å². The van der Waals surface area contributed by atoms with Gasteiger partial charge in [-0.15, -0.1) is 0 Å². The number of nitrogens with one attached hydrogen (secondary N) is 1. The summed E-state index contributed by atoms with van der Waals surface area (Å²) in [5.74, 6) is 0.749. The lowest BCUT2D eigenvalue weighted by Crippen LogP contribution is -2.53. The Labute approximate surface area is 104 Å². The second kappa shape index (κ2) is 5.36. The molecule has 2 aliphatic rings. The van der Waals surface area contributed by atoms with Crippen molar-refractivity contribution in [2.45, 2.75) is 57.7 Å². The van der Waals surface area contributed by atoms with Crippen LogP contribution in [0.5, 0.6) is 0 Å². The van der Waals surface area contributed by atoms with Crippen molar-refractivity contribution in [3.8, 4) is 0 Å². The summed E-state index contributed by atoms with van der Waals surface area (Å²) in [5, 5.41) is 3.09. The van der Waals surface area contributed by atoms with E-state index in [4.69, 9.17) is 5.73 Å². The zero-order valence-corrected chi connectivity index (χ0v) is 11.0. The molecule has 0 aromatic rings. The number of nitrogens with two attached hydrogens (primary N) is 1. The fourth-order valence-corrected chi connectivity index (χ4v) is 2.64. The van der Waals surface area contributed by atoms with Crippen molar-refractivity contribution in [2.75, 3.05) is 13.1 Å². The van der Waals surface area contributed by atoms with Crippen LogP contribution in [-0.4, -0.2) is 42.0 Å². The second-order valence-corrected chi connectivity index (χ2v) is 5.68. The average molecular weight is 239 g/mol. The lowest BCUT2D eigenvalue weighted by molar-refractivity contribution is -0.127. The van der Waals surface area contributed by atoms with Crippen LogP contribution in [0.15, 0.2) is 0 Å². The average Bonchev–Trinajstić information content (AvgIpc) is 3.12. The number of piperidine rings is 1. The maximum atomic E-state index is 12.0. The smallest absolute Gasteiger partial charge is 0.237 e. The van der Waals surface area contributed by atoms with Gasteiger partial charge in [-0.05, 0) is 52.0 Å². The molecule has 3 unspecified atom stereocenters. The van der Waals surface area contributed by atoms with Crippen molar-refractivity contribution in [1.82, 2.24) is 10.2 Å². The molecule has 1 aliphatic carbocycles. The summed E-state index contributed by atoms with van der Waals surface area (Å²) in [7, 11) is 0. The number of rotatable bonds is 4. The first-order valence-electron chi connectivity index (χ1n) is 6.88. The van der Waals surface area contributed by atoms with E-state index in [0.717, 1.165) is 32.4 Å². The largest absolute Gasteiger partial charge is 0.352 e. The van der Waals surface area contributed by atoms with Gasteiger partial charge in [-0.3, -0.25) is 9.69 Å². The monoisotopic (exact) mass is 239 g/mol. The topological polar surface area (TPSA) is 58.4 Å². The highest BCUT2D eigenvalue weighted by Gasteiger charge is 2.33. The summed E-state index contributed by atoms with van der Waals surface area (Å²) >= 11 is 0. The van der Waals surface area contributed by atoms with Gasteiger partial charge in [0.2, 0.25) is 5.91 Å². The molecule has 2 rings (SSSR count). The van der Waals surface area contributed by atoms with Crippen molar-refractivity contribution < 1.29 is 4.79 Å². The molecular formula is C13H25N3O. The van der Waals surface area contributed by atoms with Crippen LogP contribution in [0, 0.1) is 5.92 Å². The molecule has 0 aromatic carbocycles. The van der Waals surface area contributed by atoms with Gasteiger partial charge in [0.1, 0.15) is 0 Å². The number of carbonyl (C=O) groups excluding carboxylic acids is 1. The third-order valence-corrected chi connectivity index (χ3v) is 4.16. The van der Waals surface area contributed by atoms with Gasteiger partial charge in [0.15, 0.2) is 0 Å². The molecule has 17 heavy (non-hydrogen) atoms. The van der Waals surface area contributed by atoms with Gasteiger partial charge in [0, 0.05) is 18.6 Å². The molecular weight excluding hydrogens is 214 g/mol. The quantitative estimate of drug-likeness (QED) is 0.760. The van der Waals surface area contributed by atoms with Crippen molar-refractivity contribution in [2.24, 2.45) is 11.7 Å². The van der Waals surface area contributed by atoms with Crippen LogP contribution in [0.2, 0.25) is 0 Å². The lowest BCUT2D eigenvalue weighted by Gasteiger charge is -2.40. The normalized spacial score (nSPS) is 32.2. The van der Waals surface area contributed by atoms with E-state index in [9.17, 15) is 4.79 Å².